The van der Waals surface area contributed by atoms with E-state index in [2.05, 4.69) is 58.1 Å². The molecular formula is C28H33N5O2. The summed E-state index contributed by atoms with van der Waals surface area (Å²) in [4.78, 5) is 29.1. The molecule has 182 valence electrons. The topological polar surface area (TPSA) is 61.8 Å². The van der Waals surface area contributed by atoms with Gasteiger partial charge in [-0.15, -0.1) is 0 Å². The van der Waals surface area contributed by atoms with E-state index in [1.807, 2.05) is 35.4 Å². The highest BCUT2D eigenvalue weighted by molar-refractivity contribution is 5.84. The van der Waals surface area contributed by atoms with Gasteiger partial charge in [0.05, 0.1) is 24.8 Å². The SMILES string of the molecule is CCC(C(=O)N1CCN(c2nccc(-c3ccc(N4CCOCC4)cc3)n2)CC1)c1ccccc1. The third-order valence-electron chi connectivity index (χ3n) is 6.96. The van der Waals surface area contributed by atoms with Gasteiger partial charge >= 0.3 is 0 Å². The van der Waals surface area contributed by atoms with Crippen molar-refractivity contribution in [1.82, 2.24) is 14.9 Å². The van der Waals surface area contributed by atoms with Crippen LogP contribution in [0.1, 0.15) is 24.8 Å². The molecule has 0 radical (unpaired) electrons. The number of nitrogens with zero attached hydrogens (tertiary/aromatic N) is 5. The monoisotopic (exact) mass is 471 g/mol. The molecular weight excluding hydrogens is 438 g/mol. The number of carbonyl (C=O) groups excluding carboxylic acids is 1. The van der Waals surface area contributed by atoms with Crippen LogP contribution in [0.2, 0.25) is 0 Å². The van der Waals surface area contributed by atoms with E-state index in [0.29, 0.717) is 13.1 Å². The normalized spacial score (nSPS) is 17.3. The predicted octanol–water partition coefficient (Wildman–Crippen LogP) is 3.82. The number of ether oxygens (including phenoxy) is 1. The molecule has 0 aliphatic carbocycles. The molecule has 1 unspecified atom stereocenters. The number of amides is 1. The summed E-state index contributed by atoms with van der Waals surface area (Å²) in [6, 6.07) is 20.6. The molecule has 2 aliphatic heterocycles. The fraction of sp³-hybridized carbons (Fsp3) is 0.393. The lowest BCUT2D eigenvalue weighted by molar-refractivity contribution is -0.133. The van der Waals surface area contributed by atoms with E-state index in [0.717, 1.165) is 68.6 Å². The highest BCUT2D eigenvalue weighted by atomic mass is 16.5. The number of hydrogen-bond acceptors (Lipinski definition) is 6. The van der Waals surface area contributed by atoms with Crippen LogP contribution >= 0.6 is 0 Å². The summed E-state index contributed by atoms with van der Waals surface area (Å²) in [7, 11) is 0. The van der Waals surface area contributed by atoms with Gasteiger partial charge in [-0.25, -0.2) is 9.97 Å². The zero-order valence-corrected chi connectivity index (χ0v) is 20.3. The average molecular weight is 472 g/mol. The van der Waals surface area contributed by atoms with Crippen molar-refractivity contribution in [1.29, 1.82) is 0 Å². The van der Waals surface area contributed by atoms with Crippen LogP contribution in [-0.2, 0) is 9.53 Å². The van der Waals surface area contributed by atoms with Gasteiger partial charge in [0, 0.05) is 56.7 Å². The molecule has 35 heavy (non-hydrogen) atoms. The molecule has 1 atom stereocenters. The van der Waals surface area contributed by atoms with Crippen molar-refractivity contribution in [2.45, 2.75) is 19.3 Å². The quantitative estimate of drug-likeness (QED) is 0.545. The van der Waals surface area contributed by atoms with Crippen LogP contribution in [0.5, 0.6) is 0 Å². The number of aromatic nitrogens is 2. The zero-order valence-electron chi connectivity index (χ0n) is 20.3. The average Bonchev–Trinajstić information content (AvgIpc) is 2.95. The van der Waals surface area contributed by atoms with Crippen molar-refractivity contribution in [3.8, 4) is 11.3 Å². The Bertz CT molecular complexity index is 1110. The minimum atomic E-state index is -0.0808. The third kappa shape index (κ3) is 5.30. The van der Waals surface area contributed by atoms with Gasteiger partial charge in [0.1, 0.15) is 0 Å². The van der Waals surface area contributed by atoms with Crippen LogP contribution in [0.15, 0.2) is 66.9 Å². The first-order valence-electron chi connectivity index (χ1n) is 12.6. The van der Waals surface area contributed by atoms with Crippen LogP contribution in [0.25, 0.3) is 11.3 Å². The van der Waals surface area contributed by atoms with Crippen LogP contribution in [0.4, 0.5) is 11.6 Å². The number of morpholine rings is 1. The molecule has 5 rings (SSSR count). The van der Waals surface area contributed by atoms with Crippen LogP contribution < -0.4 is 9.80 Å². The van der Waals surface area contributed by atoms with Gasteiger partial charge < -0.3 is 19.4 Å². The molecule has 0 bridgehead atoms. The molecule has 1 amide bonds. The standard InChI is InChI=1S/C28H33N5O2/c1-2-25(22-6-4-3-5-7-22)27(34)32-14-16-33(17-15-32)28-29-13-12-26(30-28)23-8-10-24(11-9-23)31-18-20-35-21-19-31/h3-13,25H,2,14-21H2,1H3. The summed E-state index contributed by atoms with van der Waals surface area (Å²) < 4.78 is 5.46. The van der Waals surface area contributed by atoms with Gasteiger partial charge in [-0.1, -0.05) is 49.4 Å². The highest BCUT2D eigenvalue weighted by Crippen LogP contribution is 2.25. The molecule has 0 spiro atoms. The summed E-state index contributed by atoms with van der Waals surface area (Å²) in [5.41, 5.74) is 4.30. The fourth-order valence-electron chi connectivity index (χ4n) is 4.91. The maximum absolute atomic E-state index is 13.2. The highest BCUT2D eigenvalue weighted by Gasteiger charge is 2.28. The molecule has 0 N–H and O–H groups in total. The lowest BCUT2D eigenvalue weighted by atomic mass is 9.95. The maximum atomic E-state index is 13.2. The minimum absolute atomic E-state index is 0.0808. The van der Waals surface area contributed by atoms with Crippen molar-refractivity contribution in [3.63, 3.8) is 0 Å². The number of hydrogen-bond donors (Lipinski definition) is 0. The molecule has 2 aliphatic rings. The van der Waals surface area contributed by atoms with Crippen molar-refractivity contribution < 1.29 is 9.53 Å². The molecule has 0 saturated carbocycles. The van der Waals surface area contributed by atoms with Gasteiger partial charge in [0.25, 0.3) is 0 Å². The van der Waals surface area contributed by atoms with Crippen LogP contribution in [-0.4, -0.2) is 73.3 Å². The lowest BCUT2D eigenvalue weighted by Gasteiger charge is -2.36. The van der Waals surface area contributed by atoms with Crippen molar-refractivity contribution in [2.24, 2.45) is 0 Å². The van der Waals surface area contributed by atoms with E-state index in [1.54, 1.807) is 0 Å². The molecule has 2 fully saturated rings. The molecule has 3 heterocycles. The number of benzene rings is 2. The van der Waals surface area contributed by atoms with Crippen LogP contribution in [0, 0.1) is 0 Å². The zero-order chi connectivity index (χ0) is 24.0. The Labute approximate surface area is 207 Å². The summed E-state index contributed by atoms with van der Waals surface area (Å²) in [6.45, 7) is 8.33. The summed E-state index contributed by atoms with van der Waals surface area (Å²) >= 11 is 0. The first-order valence-corrected chi connectivity index (χ1v) is 12.6. The molecule has 2 aromatic carbocycles. The Hall–Kier alpha value is -3.45. The fourth-order valence-corrected chi connectivity index (χ4v) is 4.91. The predicted molar refractivity (Wildman–Crippen MR) is 139 cm³/mol. The molecule has 7 heteroatoms. The summed E-state index contributed by atoms with van der Waals surface area (Å²) in [6.07, 6.45) is 2.63. The minimum Gasteiger partial charge on any atom is -0.378 e. The number of carbonyl (C=O) groups is 1. The van der Waals surface area contributed by atoms with E-state index in [9.17, 15) is 4.79 Å². The van der Waals surface area contributed by atoms with E-state index in [-0.39, 0.29) is 11.8 Å². The van der Waals surface area contributed by atoms with E-state index in [4.69, 9.17) is 9.72 Å². The molecule has 2 saturated heterocycles. The molecule has 3 aromatic rings. The van der Waals surface area contributed by atoms with Gasteiger partial charge in [-0.05, 0) is 30.2 Å². The van der Waals surface area contributed by atoms with E-state index in [1.165, 1.54) is 5.69 Å². The number of piperazine rings is 1. The summed E-state index contributed by atoms with van der Waals surface area (Å²) in [5, 5.41) is 0. The largest absolute Gasteiger partial charge is 0.378 e. The van der Waals surface area contributed by atoms with E-state index >= 15 is 0 Å². The lowest BCUT2D eigenvalue weighted by Crippen LogP contribution is -2.50. The number of rotatable bonds is 6. The third-order valence-corrected chi connectivity index (χ3v) is 6.96. The molecule has 1 aromatic heterocycles. The Morgan fingerprint density at radius 3 is 2.29 bits per heavy atom. The van der Waals surface area contributed by atoms with Crippen molar-refractivity contribution >= 4 is 17.5 Å². The Morgan fingerprint density at radius 2 is 1.60 bits per heavy atom. The first-order chi connectivity index (χ1) is 17.2. The first kappa shape index (κ1) is 23.3. The maximum Gasteiger partial charge on any atom is 0.230 e. The van der Waals surface area contributed by atoms with Gasteiger partial charge in [-0.2, -0.15) is 0 Å². The van der Waals surface area contributed by atoms with Crippen LogP contribution in [0.3, 0.4) is 0 Å². The van der Waals surface area contributed by atoms with Gasteiger partial charge in [0.2, 0.25) is 11.9 Å². The Balaban J connectivity index is 1.22. The summed E-state index contributed by atoms with van der Waals surface area (Å²) in [5.74, 6) is 0.859. The smallest absolute Gasteiger partial charge is 0.230 e. The van der Waals surface area contributed by atoms with Crippen molar-refractivity contribution in [3.05, 3.63) is 72.4 Å². The number of anilines is 2. The van der Waals surface area contributed by atoms with Gasteiger partial charge in [0.15, 0.2) is 0 Å². The second-order valence-corrected chi connectivity index (χ2v) is 9.07. The second-order valence-electron chi connectivity index (χ2n) is 9.07. The van der Waals surface area contributed by atoms with Crippen molar-refractivity contribution in [2.75, 3.05) is 62.3 Å². The molecule has 7 nitrogen and oxygen atoms in total. The second kappa shape index (κ2) is 10.9. The van der Waals surface area contributed by atoms with Gasteiger partial charge in [-0.3, -0.25) is 4.79 Å². The Morgan fingerprint density at radius 1 is 0.886 bits per heavy atom. The Kier molecular flexibility index (Phi) is 7.23. The van der Waals surface area contributed by atoms with E-state index < -0.39 is 0 Å².